The molecule has 18 heavy (non-hydrogen) atoms. The zero-order valence-corrected chi connectivity index (χ0v) is 10.9. The largest absolute Gasteiger partial charge is 0.390 e. The highest BCUT2D eigenvalue weighted by Crippen LogP contribution is 2.34. The van der Waals surface area contributed by atoms with Crippen LogP contribution in [0.3, 0.4) is 0 Å². The van der Waals surface area contributed by atoms with Crippen LogP contribution in [0.25, 0.3) is 0 Å². The van der Waals surface area contributed by atoms with Crippen molar-refractivity contribution in [3.05, 3.63) is 0 Å². The topological polar surface area (TPSA) is 32.3 Å². The zero-order valence-electron chi connectivity index (χ0n) is 10.9. The van der Waals surface area contributed by atoms with Crippen molar-refractivity contribution < 1.29 is 18.0 Å². The van der Waals surface area contributed by atoms with Gasteiger partial charge in [-0.2, -0.15) is 13.2 Å². The molecule has 0 saturated carbocycles. The van der Waals surface area contributed by atoms with Gasteiger partial charge in [0.1, 0.15) is 0 Å². The van der Waals surface area contributed by atoms with Gasteiger partial charge in [-0.1, -0.05) is 6.92 Å². The summed E-state index contributed by atoms with van der Waals surface area (Å²) in [7, 11) is 1.47. The molecule has 1 saturated heterocycles. The fraction of sp³-hybridized carbons (Fsp3) is 0.917. The van der Waals surface area contributed by atoms with Crippen LogP contribution >= 0.6 is 0 Å². The number of hydrogen-bond donors (Lipinski definition) is 1. The zero-order chi connectivity index (χ0) is 13.8. The molecular formula is C12H21F3N2O. The number of hydrogen-bond acceptors (Lipinski definition) is 2. The Hall–Kier alpha value is -0.780. The number of alkyl halides is 3. The van der Waals surface area contributed by atoms with Crippen LogP contribution in [-0.4, -0.2) is 43.7 Å². The summed E-state index contributed by atoms with van der Waals surface area (Å²) >= 11 is 0. The van der Waals surface area contributed by atoms with Crippen LogP contribution in [0.15, 0.2) is 0 Å². The van der Waals surface area contributed by atoms with Crippen LogP contribution < -0.4 is 5.32 Å². The summed E-state index contributed by atoms with van der Waals surface area (Å²) in [5.74, 6) is -0.143. The Kier molecular flexibility index (Phi) is 5.01. The summed E-state index contributed by atoms with van der Waals surface area (Å²) in [4.78, 5) is 13.5. The third kappa shape index (κ3) is 3.86. The summed E-state index contributed by atoms with van der Waals surface area (Å²) in [6.45, 7) is 3.19. The van der Waals surface area contributed by atoms with Crippen LogP contribution in [0.1, 0.15) is 32.6 Å². The first kappa shape index (κ1) is 15.3. The van der Waals surface area contributed by atoms with Gasteiger partial charge in [0.15, 0.2) is 0 Å². The third-order valence-electron chi connectivity index (χ3n) is 3.77. The highest BCUT2D eigenvalue weighted by atomic mass is 19.4. The van der Waals surface area contributed by atoms with Crippen molar-refractivity contribution in [1.82, 2.24) is 10.2 Å². The van der Waals surface area contributed by atoms with Crippen molar-refractivity contribution in [2.24, 2.45) is 5.41 Å². The molecule has 0 aliphatic carbocycles. The van der Waals surface area contributed by atoms with Crippen molar-refractivity contribution >= 4 is 5.91 Å². The van der Waals surface area contributed by atoms with E-state index in [1.165, 1.54) is 11.9 Å². The smallest absolute Gasteiger partial charge is 0.345 e. The Morgan fingerprint density at radius 3 is 2.33 bits per heavy atom. The van der Waals surface area contributed by atoms with Gasteiger partial charge in [0.25, 0.3) is 0 Å². The van der Waals surface area contributed by atoms with Crippen LogP contribution in [0, 0.1) is 5.41 Å². The molecular weight excluding hydrogens is 245 g/mol. The first-order chi connectivity index (χ1) is 8.31. The van der Waals surface area contributed by atoms with E-state index in [1.54, 1.807) is 0 Å². The van der Waals surface area contributed by atoms with Crippen molar-refractivity contribution in [2.75, 3.05) is 26.7 Å². The van der Waals surface area contributed by atoms with E-state index in [2.05, 4.69) is 5.32 Å². The fourth-order valence-corrected chi connectivity index (χ4v) is 2.42. The van der Waals surface area contributed by atoms with Gasteiger partial charge in [-0.3, -0.25) is 4.79 Å². The van der Waals surface area contributed by atoms with E-state index in [0.717, 1.165) is 13.1 Å². The maximum absolute atomic E-state index is 12.3. The number of amides is 1. The predicted octanol–water partition coefficient (Wildman–Crippen LogP) is 2.18. The van der Waals surface area contributed by atoms with E-state index < -0.39 is 18.0 Å². The average Bonchev–Trinajstić information content (AvgIpc) is 2.35. The van der Waals surface area contributed by atoms with Gasteiger partial charge in [0.2, 0.25) is 5.91 Å². The third-order valence-corrected chi connectivity index (χ3v) is 3.77. The molecule has 3 nitrogen and oxygen atoms in total. The number of piperidine rings is 1. The molecule has 0 spiro atoms. The molecule has 1 aliphatic rings. The molecule has 0 bridgehead atoms. The number of halogens is 3. The molecule has 0 radical (unpaired) electrons. The quantitative estimate of drug-likeness (QED) is 0.846. The molecule has 6 heteroatoms. The van der Waals surface area contributed by atoms with Crippen molar-refractivity contribution in [3.63, 3.8) is 0 Å². The van der Waals surface area contributed by atoms with Crippen LogP contribution in [0.5, 0.6) is 0 Å². The molecule has 1 aliphatic heterocycles. The van der Waals surface area contributed by atoms with Gasteiger partial charge < -0.3 is 10.2 Å². The summed E-state index contributed by atoms with van der Waals surface area (Å²) in [6, 6.07) is 0. The summed E-state index contributed by atoms with van der Waals surface area (Å²) < 4.78 is 36.5. The van der Waals surface area contributed by atoms with Crippen LogP contribution in [0.2, 0.25) is 0 Å². The molecule has 106 valence electrons. The van der Waals surface area contributed by atoms with Gasteiger partial charge in [-0.05, 0) is 32.4 Å². The molecule has 0 aromatic heterocycles. The highest BCUT2D eigenvalue weighted by Gasteiger charge is 2.40. The average molecular weight is 266 g/mol. The lowest BCUT2D eigenvalue weighted by atomic mass is 9.75. The number of carbonyl (C=O) groups is 1. The SMILES string of the molecule is CCC1(C(=O)N(C)CCC(F)(F)F)CCNCC1. The Balaban J connectivity index is 2.60. The standard InChI is InChI=1S/C12H21F3N2O/c1-3-11(4-7-16-8-5-11)10(18)17(2)9-6-12(13,14)15/h16H,3-9H2,1-2H3. The lowest BCUT2D eigenvalue weighted by Gasteiger charge is -2.38. The van der Waals surface area contributed by atoms with Gasteiger partial charge in [0, 0.05) is 13.6 Å². The molecule has 1 amide bonds. The monoisotopic (exact) mass is 266 g/mol. The van der Waals surface area contributed by atoms with Crippen LogP contribution in [-0.2, 0) is 4.79 Å². The minimum atomic E-state index is -4.21. The highest BCUT2D eigenvalue weighted by molar-refractivity contribution is 5.82. The van der Waals surface area contributed by atoms with E-state index in [4.69, 9.17) is 0 Å². The van der Waals surface area contributed by atoms with E-state index in [-0.39, 0.29) is 12.5 Å². The van der Waals surface area contributed by atoms with Crippen LogP contribution in [0.4, 0.5) is 13.2 Å². The minimum Gasteiger partial charge on any atom is -0.345 e. The lowest BCUT2D eigenvalue weighted by Crippen LogP contribution is -2.48. The normalized spacial score (nSPS) is 19.6. The molecule has 1 rings (SSSR count). The molecule has 1 fully saturated rings. The summed E-state index contributed by atoms with van der Waals surface area (Å²) in [5.41, 5.74) is -0.467. The fourth-order valence-electron chi connectivity index (χ4n) is 2.42. The lowest BCUT2D eigenvalue weighted by molar-refractivity contribution is -0.151. The van der Waals surface area contributed by atoms with Crippen molar-refractivity contribution in [3.8, 4) is 0 Å². The van der Waals surface area contributed by atoms with Gasteiger partial charge in [0.05, 0.1) is 11.8 Å². The maximum Gasteiger partial charge on any atom is 0.390 e. The Labute approximate surface area is 106 Å². The number of nitrogens with one attached hydrogen (secondary N) is 1. The second-order valence-electron chi connectivity index (χ2n) is 4.98. The Morgan fingerprint density at radius 1 is 1.33 bits per heavy atom. The van der Waals surface area contributed by atoms with Crippen molar-refractivity contribution in [2.45, 2.75) is 38.8 Å². The second kappa shape index (κ2) is 5.91. The second-order valence-corrected chi connectivity index (χ2v) is 4.98. The first-order valence-corrected chi connectivity index (χ1v) is 6.34. The summed E-state index contributed by atoms with van der Waals surface area (Å²) in [6.07, 6.45) is -3.05. The minimum absolute atomic E-state index is 0.143. The molecule has 0 atom stereocenters. The van der Waals surface area contributed by atoms with E-state index in [0.29, 0.717) is 19.3 Å². The van der Waals surface area contributed by atoms with Gasteiger partial charge >= 0.3 is 6.18 Å². The van der Waals surface area contributed by atoms with E-state index >= 15 is 0 Å². The van der Waals surface area contributed by atoms with E-state index in [1.807, 2.05) is 6.92 Å². The predicted molar refractivity (Wildman–Crippen MR) is 63.1 cm³/mol. The van der Waals surface area contributed by atoms with Gasteiger partial charge in [-0.25, -0.2) is 0 Å². The maximum atomic E-state index is 12.3. The van der Waals surface area contributed by atoms with E-state index in [9.17, 15) is 18.0 Å². The number of carbonyl (C=O) groups excluding carboxylic acids is 1. The number of rotatable bonds is 4. The molecule has 0 aromatic rings. The molecule has 0 aromatic carbocycles. The first-order valence-electron chi connectivity index (χ1n) is 6.34. The van der Waals surface area contributed by atoms with Gasteiger partial charge in [-0.15, -0.1) is 0 Å². The molecule has 1 heterocycles. The Morgan fingerprint density at radius 2 is 1.89 bits per heavy atom. The Bertz CT molecular complexity index is 286. The summed E-state index contributed by atoms with van der Waals surface area (Å²) in [5, 5.41) is 3.17. The van der Waals surface area contributed by atoms with Crippen molar-refractivity contribution in [1.29, 1.82) is 0 Å². The molecule has 0 unspecified atom stereocenters. The number of nitrogens with zero attached hydrogens (tertiary/aromatic N) is 1. The molecule has 1 N–H and O–H groups in total.